The molecule has 0 aliphatic carbocycles. The first kappa shape index (κ1) is 18.2. The van der Waals surface area contributed by atoms with Gasteiger partial charge in [-0.15, -0.1) is 0 Å². The second kappa shape index (κ2) is 6.94. The third kappa shape index (κ3) is 3.64. The Hall–Kier alpha value is -2.63. The third-order valence-corrected chi connectivity index (χ3v) is 4.43. The van der Waals surface area contributed by atoms with Crippen LogP contribution in [0.5, 0.6) is 0 Å². The first-order chi connectivity index (χ1) is 12.3. The van der Waals surface area contributed by atoms with Crippen molar-refractivity contribution in [3.8, 4) is 0 Å². The number of likely N-dealkylation sites (tertiary alicyclic amines) is 1. The molecule has 2 heterocycles. The van der Waals surface area contributed by atoms with Crippen LogP contribution < -0.4 is 0 Å². The van der Waals surface area contributed by atoms with Crippen molar-refractivity contribution >= 4 is 22.8 Å². The van der Waals surface area contributed by atoms with E-state index in [9.17, 15) is 4.79 Å². The van der Waals surface area contributed by atoms with Gasteiger partial charge in [-0.2, -0.15) is 0 Å². The van der Waals surface area contributed by atoms with Crippen LogP contribution in [0.3, 0.4) is 0 Å². The van der Waals surface area contributed by atoms with Crippen molar-refractivity contribution in [2.75, 3.05) is 13.6 Å². The number of carbonyl (C=O) groups is 1. The Kier molecular flexibility index (Phi) is 4.85. The molecule has 1 aliphatic rings. The van der Waals surface area contributed by atoms with Crippen LogP contribution in [0.25, 0.3) is 11.0 Å². The van der Waals surface area contributed by atoms with Crippen molar-refractivity contribution in [1.82, 2.24) is 14.9 Å². The lowest BCUT2D eigenvalue weighted by Crippen LogP contribution is -2.36. The maximum Gasteiger partial charge on any atom is 0.410 e. The number of hydrogen-bond acceptors (Lipinski definition) is 4. The molecule has 1 amide bonds. The van der Waals surface area contributed by atoms with Crippen molar-refractivity contribution < 1.29 is 9.53 Å². The quantitative estimate of drug-likeness (QED) is 0.838. The minimum Gasteiger partial charge on any atom is -0.444 e. The molecule has 138 valence electrons. The topological polar surface area (TPSA) is 70.6 Å². The summed E-state index contributed by atoms with van der Waals surface area (Å²) in [5.74, 6) is 0.800. The van der Waals surface area contributed by atoms with Crippen LogP contribution in [0, 0.1) is 0 Å². The van der Waals surface area contributed by atoms with Crippen LogP contribution in [-0.4, -0.2) is 45.9 Å². The summed E-state index contributed by atoms with van der Waals surface area (Å²) in [5.41, 5.74) is 3.11. The van der Waals surface area contributed by atoms with Crippen molar-refractivity contribution in [1.29, 1.82) is 0 Å². The van der Waals surface area contributed by atoms with Gasteiger partial charge in [-0.25, -0.2) is 9.78 Å². The maximum absolute atomic E-state index is 12.5. The van der Waals surface area contributed by atoms with Crippen molar-refractivity contribution in [3.63, 3.8) is 0 Å². The number of carbonyl (C=O) groups excluding carboxylic acids is 1. The molecule has 2 aromatic rings. The molecule has 1 aromatic carbocycles. The van der Waals surface area contributed by atoms with Gasteiger partial charge >= 0.3 is 6.09 Å². The molecule has 1 atom stereocenters. The van der Waals surface area contributed by atoms with E-state index in [4.69, 9.17) is 9.72 Å². The lowest BCUT2D eigenvalue weighted by atomic mass is 10.1. The van der Waals surface area contributed by atoms with Gasteiger partial charge in [0, 0.05) is 19.2 Å². The minimum absolute atomic E-state index is 0.0839. The molecule has 1 aliphatic heterocycles. The SMILES string of the molecule is C=CC(=NC)c1ccc2nc(C3CCCN3C(=O)OC(C)(C)C)[nH]c2c1. The average Bonchev–Trinajstić information content (AvgIpc) is 3.20. The second-order valence-electron chi connectivity index (χ2n) is 7.50. The summed E-state index contributed by atoms with van der Waals surface area (Å²) in [7, 11) is 1.75. The summed E-state index contributed by atoms with van der Waals surface area (Å²) in [5, 5.41) is 0. The van der Waals surface area contributed by atoms with E-state index in [1.807, 2.05) is 39.0 Å². The molecule has 1 N–H and O–H groups in total. The monoisotopic (exact) mass is 354 g/mol. The number of rotatable bonds is 3. The average molecular weight is 354 g/mol. The van der Waals surface area contributed by atoms with Crippen molar-refractivity contribution in [2.45, 2.75) is 45.3 Å². The van der Waals surface area contributed by atoms with Crippen LogP contribution in [0.4, 0.5) is 4.79 Å². The highest BCUT2D eigenvalue weighted by molar-refractivity contribution is 6.09. The van der Waals surface area contributed by atoms with Gasteiger partial charge in [0.2, 0.25) is 0 Å². The van der Waals surface area contributed by atoms with E-state index >= 15 is 0 Å². The number of imidazole rings is 1. The number of aliphatic imine (C=N–C) groups is 1. The predicted octanol–water partition coefficient (Wildman–Crippen LogP) is 4.24. The standard InChI is InChI=1S/C20H26N4O2/c1-6-14(21-5)13-9-10-15-16(12-13)23-18(22-15)17-8-7-11-24(17)19(25)26-20(2,3)4/h6,9-10,12,17H,1,7-8,11H2,2-5H3,(H,22,23). The highest BCUT2D eigenvalue weighted by Crippen LogP contribution is 2.32. The number of nitrogens with zero attached hydrogens (tertiary/aromatic N) is 3. The zero-order valence-electron chi connectivity index (χ0n) is 15.9. The highest BCUT2D eigenvalue weighted by Gasteiger charge is 2.34. The molecule has 0 saturated carbocycles. The number of nitrogens with one attached hydrogen (secondary N) is 1. The molecular formula is C20H26N4O2. The third-order valence-electron chi connectivity index (χ3n) is 4.43. The Balaban J connectivity index is 1.89. The molecule has 1 fully saturated rings. The molecule has 0 bridgehead atoms. The number of aromatic amines is 1. The van der Waals surface area contributed by atoms with Crippen LogP contribution in [-0.2, 0) is 4.74 Å². The second-order valence-corrected chi connectivity index (χ2v) is 7.50. The van der Waals surface area contributed by atoms with E-state index in [0.29, 0.717) is 6.54 Å². The fraction of sp³-hybridized carbons (Fsp3) is 0.450. The summed E-state index contributed by atoms with van der Waals surface area (Å²) < 4.78 is 5.55. The number of amides is 1. The number of allylic oxidation sites excluding steroid dienone is 1. The number of H-pyrrole nitrogens is 1. The van der Waals surface area contributed by atoms with Gasteiger partial charge in [0.15, 0.2) is 0 Å². The van der Waals surface area contributed by atoms with Crippen LogP contribution in [0.2, 0.25) is 0 Å². The smallest absolute Gasteiger partial charge is 0.410 e. The summed E-state index contributed by atoms with van der Waals surface area (Å²) in [6.07, 6.45) is 3.27. The Labute approximate surface area is 154 Å². The van der Waals surface area contributed by atoms with E-state index in [2.05, 4.69) is 16.6 Å². The largest absolute Gasteiger partial charge is 0.444 e. The molecule has 0 spiro atoms. The van der Waals surface area contributed by atoms with Gasteiger partial charge in [-0.1, -0.05) is 12.6 Å². The lowest BCUT2D eigenvalue weighted by molar-refractivity contribution is 0.0219. The molecule has 3 rings (SSSR count). The van der Waals surface area contributed by atoms with E-state index < -0.39 is 5.60 Å². The number of hydrogen-bond donors (Lipinski definition) is 1. The first-order valence-corrected chi connectivity index (χ1v) is 8.91. The first-order valence-electron chi connectivity index (χ1n) is 8.91. The van der Waals surface area contributed by atoms with Crippen molar-refractivity contribution in [2.24, 2.45) is 4.99 Å². The number of aromatic nitrogens is 2. The fourth-order valence-electron chi connectivity index (χ4n) is 3.27. The van der Waals surface area contributed by atoms with Gasteiger partial charge in [-0.05, 0) is 51.8 Å². The van der Waals surface area contributed by atoms with E-state index in [0.717, 1.165) is 41.0 Å². The highest BCUT2D eigenvalue weighted by atomic mass is 16.6. The molecule has 26 heavy (non-hydrogen) atoms. The van der Waals surface area contributed by atoms with Crippen molar-refractivity contribution in [3.05, 3.63) is 42.2 Å². The van der Waals surface area contributed by atoms with E-state index in [1.165, 1.54) is 0 Å². The molecule has 6 nitrogen and oxygen atoms in total. The Morgan fingerprint density at radius 2 is 2.23 bits per heavy atom. The summed E-state index contributed by atoms with van der Waals surface area (Å²) >= 11 is 0. The zero-order valence-corrected chi connectivity index (χ0v) is 15.9. The van der Waals surface area contributed by atoms with E-state index in [1.54, 1.807) is 18.0 Å². The normalized spacial score (nSPS) is 18.4. The minimum atomic E-state index is -0.506. The lowest BCUT2D eigenvalue weighted by Gasteiger charge is -2.27. The summed E-state index contributed by atoms with van der Waals surface area (Å²) in [6.45, 7) is 10.1. The van der Waals surface area contributed by atoms with Gasteiger partial charge in [0.05, 0.1) is 22.8 Å². The van der Waals surface area contributed by atoms with Crippen LogP contribution in [0.15, 0.2) is 35.8 Å². The Bertz CT molecular complexity index is 860. The molecule has 1 aromatic heterocycles. The summed E-state index contributed by atoms with van der Waals surface area (Å²) in [6, 6.07) is 5.88. The van der Waals surface area contributed by atoms with E-state index in [-0.39, 0.29) is 12.1 Å². The number of ether oxygens (including phenoxy) is 1. The van der Waals surface area contributed by atoms with Gasteiger partial charge in [0.25, 0.3) is 0 Å². The molecular weight excluding hydrogens is 328 g/mol. The molecule has 6 heteroatoms. The number of fused-ring (bicyclic) bond motifs is 1. The van der Waals surface area contributed by atoms with Crippen LogP contribution >= 0.6 is 0 Å². The Morgan fingerprint density at radius 1 is 1.46 bits per heavy atom. The predicted molar refractivity (Wildman–Crippen MR) is 104 cm³/mol. The van der Waals surface area contributed by atoms with Crippen LogP contribution in [0.1, 0.15) is 51.0 Å². The number of benzene rings is 1. The van der Waals surface area contributed by atoms with Gasteiger partial charge < -0.3 is 9.72 Å². The Morgan fingerprint density at radius 3 is 2.88 bits per heavy atom. The zero-order chi connectivity index (χ0) is 18.9. The van der Waals surface area contributed by atoms with Gasteiger partial charge in [-0.3, -0.25) is 9.89 Å². The molecule has 0 radical (unpaired) electrons. The molecule has 1 saturated heterocycles. The maximum atomic E-state index is 12.5. The summed E-state index contributed by atoms with van der Waals surface area (Å²) in [4.78, 5) is 26.6. The molecule has 1 unspecified atom stereocenters. The van der Waals surface area contributed by atoms with Gasteiger partial charge in [0.1, 0.15) is 11.4 Å². The fourth-order valence-corrected chi connectivity index (χ4v) is 3.27.